The molecule has 3 atom stereocenters. The lowest BCUT2D eigenvalue weighted by Crippen LogP contribution is -2.50. The van der Waals surface area contributed by atoms with Gasteiger partial charge in [0.2, 0.25) is 5.91 Å². The Bertz CT molecular complexity index is 1060. The Hall–Kier alpha value is -3.05. The van der Waals surface area contributed by atoms with Gasteiger partial charge in [-0.3, -0.25) is 9.78 Å². The van der Waals surface area contributed by atoms with Crippen LogP contribution in [0.1, 0.15) is 50.4 Å². The molecule has 2 aliphatic heterocycles. The van der Waals surface area contributed by atoms with Crippen molar-refractivity contribution in [3.05, 3.63) is 29.1 Å². The molecule has 1 aliphatic carbocycles. The van der Waals surface area contributed by atoms with Gasteiger partial charge in [0.25, 0.3) is 0 Å². The van der Waals surface area contributed by atoms with Crippen molar-refractivity contribution >= 4 is 18.0 Å². The number of likely N-dealkylation sites (tertiary alicyclic amines) is 1. The van der Waals surface area contributed by atoms with Gasteiger partial charge in [0, 0.05) is 57.1 Å². The van der Waals surface area contributed by atoms with Crippen molar-refractivity contribution in [2.45, 2.75) is 58.8 Å². The Morgan fingerprint density at radius 1 is 1.22 bits per heavy atom. The topological polar surface area (TPSA) is 115 Å². The molecule has 1 aromatic rings. The first-order valence-electron chi connectivity index (χ1n) is 12.0. The molecule has 36 heavy (non-hydrogen) atoms. The number of fused-ring (bicyclic) bond motifs is 2. The van der Waals surface area contributed by atoms with Crippen LogP contribution in [0.3, 0.4) is 0 Å². The SMILES string of the molecule is CC(C)(C)CNC(=O)N1C[C@@H]2C[C@@H](NC(=O)O)C[C@]2(C(=O)N2CCc3ncc(C(F)(F)F)cc3C2)C1. The molecule has 1 saturated carbocycles. The quantitative estimate of drug-likeness (QED) is 0.577. The van der Waals surface area contributed by atoms with Gasteiger partial charge in [0.1, 0.15) is 0 Å². The second-order valence-corrected chi connectivity index (χ2v) is 11.3. The third kappa shape index (κ3) is 5.22. The Kier molecular flexibility index (Phi) is 6.59. The maximum absolute atomic E-state index is 14.0. The van der Waals surface area contributed by atoms with Crippen LogP contribution in [0.5, 0.6) is 0 Å². The third-order valence-corrected chi connectivity index (χ3v) is 7.34. The predicted octanol–water partition coefficient (Wildman–Crippen LogP) is 3.09. The number of pyridine rings is 1. The smallest absolute Gasteiger partial charge is 0.417 e. The molecule has 0 unspecified atom stereocenters. The third-order valence-electron chi connectivity index (χ3n) is 7.34. The van der Waals surface area contributed by atoms with Crippen LogP contribution in [0.2, 0.25) is 0 Å². The van der Waals surface area contributed by atoms with Crippen LogP contribution >= 0.6 is 0 Å². The summed E-state index contributed by atoms with van der Waals surface area (Å²) < 4.78 is 39.7. The van der Waals surface area contributed by atoms with Crippen molar-refractivity contribution in [1.29, 1.82) is 0 Å². The van der Waals surface area contributed by atoms with Crippen molar-refractivity contribution in [3.63, 3.8) is 0 Å². The summed E-state index contributed by atoms with van der Waals surface area (Å²) in [6.45, 7) is 7.16. The summed E-state index contributed by atoms with van der Waals surface area (Å²) in [6.07, 6.45) is -3.94. The predicted molar refractivity (Wildman–Crippen MR) is 123 cm³/mol. The Labute approximate surface area is 207 Å². The van der Waals surface area contributed by atoms with Gasteiger partial charge in [-0.2, -0.15) is 13.2 Å². The minimum Gasteiger partial charge on any atom is -0.465 e. The van der Waals surface area contributed by atoms with Gasteiger partial charge in [-0.15, -0.1) is 0 Å². The van der Waals surface area contributed by atoms with Gasteiger partial charge in [-0.05, 0) is 35.8 Å². The summed E-state index contributed by atoms with van der Waals surface area (Å²) in [7, 11) is 0. The number of alkyl halides is 3. The molecule has 198 valence electrons. The van der Waals surface area contributed by atoms with Crippen LogP contribution < -0.4 is 10.6 Å². The number of hydrogen-bond donors (Lipinski definition) is 3. The van der Waals surface area contributed by atoms with E-state index in [1.54, 1.807) is 4.90 Å². The molecule has 9 nitrogen and oxygen atoms in total. The van der Waals surface area contributed by atoms with Crippen molar-refractivity contribution in [3.8, 4) is 0 Å². The molecule has 0 aromatic carbocycles. The van der Waals surface area contributed by atoms with Gasteiger partial charge in [-0.25, -0.2) is 9.59 Å². The first-order chi connectivity index (χ1) is 16.7. The number of amides is 4. The van der Waals surface area contributed by atoms with Gasteiger partial charge in [-0.1, -0.05) is 20.8 Å². The summed E-state index contributed by atoms with van der Waals surface area (Å²) in [5.74, 6) is -0.514. The Morgan fingerprint density at radius 3 is 2.58 bits per heavy atom. The molecule has 3 aliphatic rings. The summed E-state index contributed by atoms with van der Waals surface area (Å²) in [5.41, 5.74) is -1.10. The Morgan fingerprint density at radius 2 is 1.94 bits per heavy atom. The molecule has 3 heterocycles. The lowest BCUT2D eigenvalue weighted by molar-refractivity contribution is -0.143. The fourth-order valence-corrected chi connectivity index (χ4v) is 5.66. The highest BCUT2D eigenvalue weighted by Crippen LogP contribution is 2.50. The second kappa shape index (κ2) is 9.11. The van der Waals surface area contributed by atoms with Crippen LogP contribution in [0.4, 0.5) is 22.8 Å². The lowest BCUT2D eigenvalue weighted by atomic mass is 9.78. The molecule has 0 radical (unpaired) electrons. The zero-order valence-corrected chi connectivity index (χ0v) is 20.6. The number of hydrogen-bond acceptors (Lipinski definition) is 4. The van der Waals surface area contributed by atoms with E-state index in [1.165, 1.54) is 4.90 Å². The molecule has 3 N–H and O–H groups in total. The van der Waals surface area contributed by atoms with E-state index in [-0.39, 0.29) is 42.8 Å². The van der Waals surface area contributed by atoms with Crippen molar-refractivity contribution < 1.29 is 32.7 Å². The molecule has 12 heteroatoms. The van der Waals surface area contributed by atoms with Gasteiger partial charge in [0.05, 0.1) is 11.0 Å². The van der Waals surface area contributed by atoms with Crippen LogP contribution in [0, 0.1) is 16.7 Å². The number of halogens is 3. The molecule has 2 fully saturated rings. The van der Waals surface area contributed by atoms with E-state index in [4.69, 9.17) is 0 Å². The average Bonchev–Trinajstić information content (AvgIpc) is 3.29. The summed E-state index contributed by atoms with van der Waals surface area (Å²) in [5, 5.41) is 14.6. The molecule has 0 spiro atoms. The number of urea groups is 1. The van der Waals surface area contributed by atoms with Crippen LogP contribution in [-0.4, -0.2) is 70.1 Å². The first kappa shape index (κ1) is 26.0. The monoisotopic (exact) mass is 511 g/mol. The molecule has 1 aromatic heterocycles. The second-order valence-electron chi connectivity index (χ2n) is 11.3. The average molecular weight is 512 g/mol. The van der Waals surface area contributed by atoms with Gasteiger partial charge in [0.15, 0.2) is 0 Å². The van der Waals surface area contributed by atoms with E-state index in [1.807, 2.05) is 20.8 Å². The van der Waals surface area contributed by atoms with E-state index >= 15 is 0 Å². The normalized spacial score (nSPS) is 25.8. The lowest BCUT2D eigenvalue weighted by Gasteiger charge is -2.37. The first-order valence-corrected chi connectivity index (χ1v) is 12.0. The zero-order chi connectivity index (χ0) is 26.5. The summed E-state index contributed by atoms with van der Waals surface area (Å²) in [6, 6.07) is 0.324. The van der Waals surface area contributed by atoms with E-state index in [0.29, 0.717) is 43.7 Å². The number of carbonyl (C=O) groups excluding carboxylic acids is 2. The van der Waals surface area contributed by atoms with Crippen molar-refractivity contribution in [1.82, 2.24) is 25.4 Å². The standard InChI is InChI=1S/C24H32F3N5O4/c1-22(2,3)12-29-20(34)32-11-16-7-17(30-21(35)36)8-23(16,13-32)19(33)31-5-4-18-14(10-31)6-15(9-28-18)24(25,26)27/h6,9,16-17,30H,4-5,7-8,10-13H2,1-3H3,(H,29,34)(H,35,36)/t16-,17+,23-/m0/s1. The highest BCUT2D eigenvalue weighted by atomic mass is 19.4. The molecular weight excluding hydrogens is 479 g/mol. The van der Waals surface area contributed by atoms with E-state index in [0.717, 1.165) is 12.3 Å². The zero-order valence-electron chi connectivity index (χ0n) is 20.6. The van der Waals surface area contributed by atoms with Gasteiger partial charge < -0.3 is 25.5 Å². The van der Waals surface area contributed by atoms with Crippen molar-refractivity contribution in [2.24, 2.45) is 16.7 Å². The van der Waals surface area contributed by atoms with E-state index in [9.17, 15) is 32.7 Å². The minimum absolute atomic E-state index is 0.00714. The molecular formula is C24H32F3N5O4. The number of aromatic nitrogens is 1. The number of rotatable bonds is 3. The van der Waals surface area contributed by atoms with Crippen LogP contribution in [0.15, 0.2) is 12.3 Å². The Balaban J connectivity index is 1.56. The minimum atomic E-state index is -4.54. The summed E-state index contributed by atoms with van der Waals surface area (Å²) in [4.78, 5) is 45.2. The number of carboxylic acid groups (broad SMARTS) is 1. The fraction of sp³-hybridized carbons (Fsp3) is 0.667. The van der Waals surface area contributed by atoms with Crippen LogP contribution in [0.25, 0.3) is 0 Å². The highest BCUT2D eigenvalue weighted by molar-refractivity contribution is 5.86. The van der Waals surface area contributed by atoms with E-state index in [2.05, 4.69) is 15.6 Å². The number of nitrogens with zero attached hydrogens (tertiary/aromatic N) is 3. The van der Waals surface area contributed by atoms with E-state index < -0.39 is 29.3 Å². The highest BCUT2D eigenvalue weighted by Gasteiger charge is 2.59. The fourth-order valence-electron chi connectivity index (χ4n) is 5.66. The molecule has 4 amide bonds. The van der Waals surface area contributed by atoms with Crippen LogP contribution in [-0.2, 0) is 23.9 Å². The number of nitrogens with one attached hydrogen (secondary N) is 2. The number of carbonyl (C=O) groups is 3. The maximum Gasteiger partial charge on any atom is 0.417 e. The van der Waals surface area contributed by atoms with Crippen molar-refractivity contribution in [2.75, 3.05) is 26.2 Å². The molecule has 4 rings (SSSR count). The maximum atomic E-state index is 14.0. The van der Waals surface area contributed by atoms with Gasteiger partial charge >= 0.3 is 18.3 Å². The largest absolute Gasteiger partial charge is 0.465 e. The molecule has 0 bridgehead atoms. The molecule has 1 saturated heterocycles. The summed E-state index contributed by atoms with van der Waals surface area (Å²) >= 11 is 0.